The van der Waals surface area contributed by atoms with Crippen LogP contribution in [-0.2, 0) is 0 Å². The van der Waals surface area contributed by atoms with E-state index in [9.17, 15) is 4.79 Å². The number of ketones is 1. The predicted molar refractivity (Wildman–Crippen MR) is 119 cm³/mol. The molecule has 0 aliphatic carbocycles. The molecule has 0 fully saturated rings. The van der Waals surface area contributed by atoms with Crippen LogP contribution in [0, 0.1) is 0 Å². The van der Waals surface area contributed by atoms with Crippen molar-refractivity contribution in [3.8, 4) is 17.2 Å². The smallest absolute Gasteiger partial charge is 0.165 e. The van der Waals surface area contributed by atoms with E-state index < -0.39 is 0 Å². The van der Waals surface area contributed by atoms with Gasteiger partial charge in [0.15, 0.2) is 17.3 Å². The molecule has 3 aromatic rings. The SMILES string of the molecule is COc1ccc(C(=O)CC(Nc2ccc(Cl)cc2)c2ccc(OC)c(OC)c2)cc1. The van der Waals surface area contributed by atoms with Crippen LogP contribution in [0.25, 0.3) is 0 Å². The van der Waals surface area contributed by atoms with Gasteiger partial charge in [-0.2, -0.15) is 0 Å². The predicted octanol–water partition coefficient (Wildman–Crippen LogP) is 5.79. The van der Waals surface area contributed by atoms with E-state index in [1.165, 1.54) is 0 Å². The highest BCUT2D eigenvalue weighted by atomic mass is 35.5. The molecule has 156 valence electrons. The lowest BCUT2D eigenvalue weighted by molar-refractivity contribution is 0.0976. The Morgan fingerprint density at radius 3 is 2.13 bits per heavy atom. The number of benzene rings is 3. The number of hydrogen-bond acceptors (Lipinski definition) is 5. The molecule has 0 aliphatic rings. The summed E-state index contributed by atoms with van der Waals surface area (Å²) in [6.07, 6.45) is 0.254. The molecule has 5 nitrogen and oxygen atoms in total. The number of methoxy groups -OCH3 is 3. The number of Topliss-reactive ketones (excluding diaryl/α,β-unsaturated/α-hetero) is 1. The lowest BCUT2D eigenvalue weighted by Crippen LogP contribution is -2.16. The third-order valence-electron chi connectivity index (χ3n) is 4.80. The Kier molecular flexibility index (Phi) is 7.20. The molecule has 0 aliphatic heterocycles. The first-order valence-corrected chi connectivity index (χ1v) is 9.83. The molecule has 0 saturated carbocycles. The second kappa shape index (κ2) is 10.0. The molecule has 0 spiro atoms. The van der Waals surface area contributed by atoms with E-state index in [1.54, 1.807) is 57.7 Å². The summed E-state index contributed by atoms with van der Waals surface area (Å²) in [6, 6.07) is 19.9. The zero-order valence-corrected chi connectivity index (χ0v) is 17.9. The third kappa shape index (κ3) is 5.24. The zero-order chi connectivity index (χ0) is 21.5. The minimum atomic E-state index is -0.277. The van der Waals surface area contributed by atoms with Gasteiger partial charge in [0.1, 0.15) is 5.75 Å². The molecule has 1 atom stereocenters. The minimum Gasteiger partial charge on any atom is -0.497 e. The van der Waals surface area contributed by atoms with Gasteiger partial charge in [0, 0.05) is 22.7 Å². The molecule has 3 rings (SSSR count). The second-order valence-corrected chi connectivity index (χ2v) is 7.11. The molecule has 0 radical (unpaired) electrons. The molecule has 0 bridgehead atoms. The number of hydrogen-bond donors (Lipinski definition) is 1. The Labute approximate surface area is 181 Å². The maximum atomic E-state index is 13.0. The van der Waals surface area contributed by atoms with Gasteiger partial charge in [-0.15, -0.1) is 0 Å². The van der Waals surface area contributed by atoms with E-state index in [2.05, 4.69) is 5.32 Å². The van der Waals surface area contributed by atoms with Crippen LogP contribution in [-0.4, -0.2) is 27.1 Å². The summed E-state index contributed by atoms with van der Waals surface area (Å²) < 4.78 is 16.0. The first-order valence-electron chi connectivity index (χ1n) is 9.45. The van der Waals surface area contributed by atoms with E-state index >= 15 is 0 Å². The number of halogens is 1. The fourth-order valence-corrected chi connectivity index (χ4v) is 3.28. The van der Waals surface area contributed by atoms with Crippen molar-refractivity contribution in [2.75, 3.05) is 26.6 Å². The first kappa shape index (κ1) is 21.5. The minimum absolute atomic E-state index is 0.0129. The first-order chi connectivity index (χ1) is 14.5. The van der Waals surface area contributed by atoms with Crippen molar-refractivity contribution in [3.63, 3.8) is 0 Å². The Hall–Kier alpha value is -3.18. The van der Waals surface area contributed by atoms with Crippen molar-refractivity contribution in [1.29, 1.82) is 0 Å². The highest BCUT2D eigenvalue weighted by Gasteiger charge is 2.19. The van der Waals surface area contributed by atoms with Crippen LogP contribution in [0.5, 0.6) is 17.2 Å². The van der Waals surface area contributed by atoms with E-state index in [0.717, 1.165) is 11.3 Å². The standard InChI is InChI=1S/C24H24ClNO4/c1-28-20-11-4-16(5-12-20)22(27)15-21(26-19-9-7-18(25)8-10-19)17-6-13-23(29-2)24(14-17)30-3/h4-14,21,26H,15H2,1-3H3. The maximum Gasteiger partial charge on any atom is 0.165 e. The monoisotopic (exact) mass is 425 g/mol. The average Bonchev–Trinajstić information content (AvgIpc) is 2.79. The van der Waals surface area contributed by atoms with Crippen molar-refractivity contribution in [2.24, 2.45) is 0 Å². The second-order valence-electron chi connectivity index (χ2n) is 6.67. The number of nitrogens with one attached hydrogen (secondary N) is 1. The van der Waals surface area contributed by atoms with Gasteiger partial charge < -0.3 is 19.5 Å². The molecule has 30 heavy (non-hydrogen) atoms. The van der Waals surface area contributed by atoms with Gasteiger partial charge in [0.05, 0.1) is 27.4 Å². The zero-order valence-electron chi connectivity index (χ0n) is 17.1. The highest BCUT2D eigenvalue weighted by molar-refractivity contribution is 6.30. The summed E-state index contributed by atoms with van der Waals surface area (Å²) in [5.74, 6) is 1.96. The number of rotatable bonds is 9. The van der Waals surface area contributed by atoms with Crippen LogP contribution in [0.2, 0.25) is 5.02 Å². The molecule has 1 unspecified atom stereocenters. The Balaban J connectivity index is 1.90. The topological polar surface area (TPSA) is 56.8 Å². The van der Waals surface area contributed by atoms with E-state index in [4.69, 9.17) is 25.8 Å². The van der Waals surface area contributed by atoms with Gasteiger partial charge in [-0.3, -0.25) is 4.79 Å². The normalized spacial score (nSPS) is 11.5. The maximum absolute atomic E-state index is 13.0. The van der Waals surface area contributed by atoms with Gasteiger partial charge in [0.2, 0.25) is 0 Å². The van der Waals surface area contributed by atoms with E-state index in [0.29, 0.717) is 27.8 Å². The van der Waals surface area contributed by atoms with Crippen LogP contribution in [0.15, 0.2) is 66.7 Å². The molecule has 0 heterocycles. The summed E-state index contributed by atoms with van der Waals surface area (Å²) in [4.78, 5) is 13.0. The Morgan fingerprint density at radius 2 is 1.53 bits per heavy atom. The summed E-state index contributed by atoms with van der Waals surface area (Å²) in [5.41, 5.74) is 2.39. The molecule has 0 amide bonds. The van der Waals surface area contributed by atoms with Crippen molar-refractivity contribution in [1.82, 2.24) is 0 Å². The van der Waals surface area contributed by atoms with Crippen LogP contribution in [0.4, 0.5) is 5.69 Å². The largest absolute Gasteiger partial charge is 0.497 e. The number of anilines is 1. The molecular formula is C24H24ClNO4. The highest BCUT2D eigenvalue weighted by Crippen LogP contribution is 2.33. The Bertz CT molecular complexity index is 987. The lowest BCUT2D eigenvalue weighted by atomic mass is 9.97. The molecule has 0 saturated heterocycles. The molecule has 1 N–H and O–H groups in total. The molecule has 3 aromatic carbocycles. The Morgan fingerprint density at radius 1 is 0.867 bits per heavy atom. The fraction of sp³-hybridized carbons (Fsp3) is 0.208. The summed E-state index contributed by atoms with van der Waals surface area (Å²) in [7, 11) is 4.78. The molecule has 6 heteroatoms. The number of carbonyl (C=O) groups is 1. The summed E-state index contributed by atoms with van der Waals surface area (Å²) >= 11 is 6.00. The van der Waals surface area contributed by atoms with Gasteiger partial charge in [-0.1, -0.05) is 17.7 Å². The van der Waals surface area contributed by atoms with Crippen molar-refractivity contribution in [3.05, 3.63) is 82.9 Å². The summed E-state index contributed by atoms with van der Waals surface area (Å²) in [6.45, 7) is 0. The van der Waals surface area contributed by atoms with Gasteiger partial charge >= 0.3 is 0 Å². The lowest BCUT2D eigenvalue weighted by Gasteiger charge is -2.21. The van der Waals surface area contributed by atoms with E-state index in [1.807, 2.05) is 30.3 Å². The van der Waals surface area contributed by atoms with Crippen molar-refractivity contribution < 1.29 is 19.0 Å². The fourth-order valence-electron chi connectivity index (χ4n) is 3.15. The van der Waals surface area contributed by atoms with E-state index in [-0.39, 0.29) is 18.2 Å². The molecular weight excluding hydrogens is 402 g/mol. The van der Waals surface area contributed by atoms with Gasteiger partial charge in [-0.05, 0) is 66.2 Å². The van der Waals surface area contributed by atoms with Crippen molar-refractivity contribution in [2.45, 2.75) is 12.5 Å². The van der Waals surface area contributed by atoms with Crippen LogP contribution >= 0.6 is 11.6 Å². The molecule has 0 aromatic heterocycles. The van der Waals surface area contributed by atoms with Crippen LogP contribution in [0.3, 0.4) is 0 Å². The van der Waals surface area contributed by atoms with Gasteiger partial charge in [0.25, 0.3) is 0 Å². The van der Waals surface area contributed by atoms with Crippen LogP contribution < -0.4 is 19.5 Å². The third-order valence-corrected chi connectivity index (χ3v) is 5.05. The number of carbonyl (C=O) groups excluding carboxylic acids is 1. The van der Waals surface area contributed by atoms with Crippen LogP contribution in [0.1, 0.15) is 28.4 Å². The van der Waals surface area contributed by atoms with Gasteiger partial charge in [-0.25, -0.2) is 0 Å². The number of ether oxygens (including phenoxy) is 3. The van der Waals surface area contributed by atoms with Crippen molar-refractivity contribution >= 4 is 23.1 Å². The quantitative estimate of drug-likeness (QED) is 0.439. The summed E-state index contributed by atoms with van der Waals surface area (Å²) in [5, 5.41) is 4.08. The average molecular weight is 426 g/mol.